The van der Waals surface area contributed by atoms with Gasteiger partial charge in [0.2, 0.25) is 0 Å². The van der Waals surface area contributed by atoms with Crippen LogP contribution in [0.15, 0.2) is 22.7 Å². The molecule has 18 heavy (non-hydrogen) atoms. The van der Waals surface area contributed by atoms with Gasteiger partial charge in [-0.05, 0) is 39.5 Å². The molecule has 0 aliphatic carbocycles. The standard InChI is InChI=1S/C14H20BrClFN/c1-3-11(4-2)13(16)9-18-8-10-5-6-14(17)12(15)7-10/h5-7,11,13,18H,3-4,8-9H2,1-2H3. The molecule has 1 aromatic rings. The topological polar surface area (TPSA) is 12.0 Å². The number of rotatable bonds is 7. The highest BCUT2D eigenvalue weighted by atomic mass is 79.9. The molecule has 0 radical (unpaired) electrons. The summed E-state index contributed by atoms with van der Waals surface area (Å²) in [5.41, 5.74) is 1.05. The Kier molecular flexibility index (Phi) is 7.20. The van der Waals surface area contributed by atoms with Crippen molar-refractivity contribution < 1.29 is 4.39 Å². The largest absolute Gasteiger partial charge is 0.311 e. The molecule has 1 aromatic carbocycles. The van der Waals surface area contributed by atoms with Gasteiger partial charge in [-0.1, -0.05) is 32.8 Å². The second kappa shape index (κ2) is 8.13. The van der Waals surface area contributed by atoms with Gasteiger partial charge in [-0.25, -0.2) is 4.39 Å². The SMILES string of the molecule is CCC(CC)C(Cl)CNCc1ccc(F)c(Br)c1. The lowest BCUT2D eigenvalue weighted by Crippen LogP contribution is -2.28. The molecule has 1 unspecified atom stereocenters. The molecule has 0 aromatic heterocycles. The van der Waals surface area contributed by atoms with Gasteiger partial charge in [-0.2, -0.15) is 0 Å². The first-order chi connectivity index (χ1) is 8.58. The van der Waals surface area contributed by atoms with Crippen LogP contribution >= 0.6 is 27.5 Å². The van der Waals surface area contributed by atoms with E-state index in [0.29, 0.717) is 16.9 Å². The van der Waals surface area contributed by atoms with E-state index in [4.69, 9.17) is 11.6 Å². The summed E-state index contributed by atoms with van der Waals surface area (Å²) in [6, 6.07) is 5.05. The number of nitrogens with one attached hydrogen (secondary N) is 1. The zero-order chi connectivity index (χ0) is 13.5. The Labute approximate surface area is 122 Å². The fourth-order valence-corrected chi connectivity index (χ4v) is 2.86. The molecule has 1 nitrogen and oxygen atoms in total. The predicted molar refractivity (Wildman–Crippen MR) is 79.5 cm³/mol. The molecule has 4 heteroatoms. The maximum atomic E-state index is 13.1. The normalized spacial score (nSPS) is 13.0. The zero-order valence-electron chi connectivity index (χ0n) is 10.8. The van der Waals surface area contributed by atoms with Crippen molar-refractivity contribution in [2.45, 2.75) is 38.6 Å². The molecular weight excluding hydrogens is 317 g/mol. The summed E-state index contributed by atoms with van der Waals surface area (Å²) in [7, 11) is 0. The van der Waals surface area contributed by atoms with Crippen molar-refractivity contribution in [1.82, 2.24) is 5.32 Å². The molecular formula is C14H20BrClFN. The Hall–Kier alpha value is -0.120. The van der Waals surface area contributed by atoms with Crippen LogP contribution in [-0.4, -0.2) is 11.9 Å². The van der Waals surface area contributed by atoms with Crippen LogP contribution in [0.4, 0.5) is 4.39 Å². The number of alkyl halides is 1. The van der Waals surface area contributed by atoms with E-state index < -0.39 is 0 Å². The minimum Gasteiger partial charge on any atom is -0.311 e. The molecule has 0 saturated heterocycles. The summed E-state index contributed by atoms with van der Waals surface area (Å²) in [5, 5.41) is 3.48. The van der Waals surface area contributed by atoms with Crippen molar-refractivity contribution >= 4 is 27.5 Å². The van der Waals surface area contributed by atoms with Crippen molar-refractivity contribution in [3.05, 3.63) is 34.1 Å². The quantitative estimate of drug-likeness (QED) is 0.710. The third kappa shape index (κ3) is 4.87. The minimum absolute atomic E-state index is 0.156. The number of halogens is 3. The van der Waals surface area contributed by atoms with Gasteiger partial charge in [-0.15, -0.1) is 11.6 Å². The van der Waals surface area contributed by atoms with Gasteiger partial charge in [0, 0.05) is 18.5 Å². The Bertz CT molecular complexity index is 369. The highest BCUT2D eigenvalue weighted by Gasteiger charge is 2.14. The first-order valence-corrected chi connectivity index (χ1v) is 7.60. The van der Waals surface area contributed by atoms with Gasteiger partial charge in [0.15, 0.2) is 0 Å². The molecule has 0 spiro atoms. The molecule has 0 aliphatic rings. The summed E-state index contributed by atoms with van der Waals surface area (Å²) >= 11 is 9.52. The van der Waals surface area contributed by atoms with Gasteiger partial charge in [-0.3, -0.25) is 0 Å². The summed E-state index contributed by atoms with van der Waals surface area (Å²) in [6.45, 7) is 5.83. The van der Waals surface area contributed by atoms with E-state index in [1.165, 1.54) is 6.07 Å². The first kappa shape index (κ1) is 15.9. The van der Waals surface area contributed by atoms with E-state index in [9.17, 15) is 4.39 Å². The number of hydrogen-bond donors (Lipinski definition) is 1. The third-order valence-electron chi connectivity index (χ3n) is 3.21. The lowest BCUT2D eigenvalue weighted by atomic mass is 9.99. The molecule has 0 saturated carbocycles. The third-order valence-corrected chi connectivity index (χ3v) is 4.33. The van der Waals surface area contributed by atoms with Crippen LogP contribution < -0.4 is 5.32 Å². The average molecular weight is 337 g/mol. The summed E-state index contributed by atoms with van der Waals surface area (Å²) in [6.07, 6.45) is 2.21. The molecule has 0 fully saturated rings. The first-order valence-electron chi connectivity index (χ1n) is 6.37. The van der Waals surface area contributed by atoms with Gasteiger partial charge >= 0.3 is 0 Å². The highest BCUT2D eigenvalue weighted by molar-refractivity contribution is 9.10. The van der Waals surface area contributed by atoms with Crippen molar-refractivity contribution in [3.8, 4) is 0 Å². The van der Waals surface area contributed by atoms with Crippen molar-refractivity contribution in [1.29, 1.82) is 0 Å². The fraction of sp³-hybridized carbons (Fsp3) is 0.571. The van der Waals surface area contributed by atoms with Crippen molar-refractivity contribution in [2.75, 3.05) is 6.54 Å². The number of benzene rings is 1. The monoisotopic (exact) mass is 335 g/mol. The van der Waals surface area contributed by atoms with E-state index in [1.54, 1.807) is 12.1 Å². The molecule has 0 heterocycles. The molecule has 0 bridgehead atoms. The van der Waals surface area contributed by atoms with E-state index in [2.05, 4.69) is 35.1 Å². The highest BCUT2D eigenvalue weighted by Crippen LogP contribution is 2.19. The van der Waals surface area contributed by atoms with E-state index in [-0.39, 0.29) is 11.2 Å². The Morgan fingerprint density at radius 1 is 1.33 bits per heavy atom. The summed E-state index contributed by atoms with van der Waals surface area (Å²) in [4.78, 5) is 0. The van der Waals surface area contributed by atoms with Crippen LogP contribution in [0, 0.1) is 11.7 Å². The van der Waals surface area contributed by atoms with Crippen molar-refractivity contribution in [3.63, 3.8) is 0 Å². The Balaban J connectivity index is 2.39. The minimum atomic E-state index is -0.231. The second-order valence-electron chi connectivity index (χ2n) is 4.47. The molecule has 0 amide bonds. The lowest BCUT2D eigenvalue weighted by molar-refractivity contribution is 0.446. The Morgan fingerprint density at radius 3 is 2.56 bits per heavy atom. The van der Waals surface area contributed by atoms with Crippen LogP contribution in [0.2, 0.25) is 0 Å². The van der Waals surface area contributed by atoms with Gasteiger partial charge < -0.3 is 5.32 Å². The molecule has 0 aliphatic heterocycles. The lowest BCUT2D eigenvalue weighted by Gasteiger charge is -2.19. The predicted octanol–water partition coefficient (Wildman–Crippen LogP) is 4.72. The van der Waals surface area contributed by atoms with Gasteiger partial charge in [0.25, 0.3) is 0 Å². The van der Waals surface area contributed by atoms with E-state index in [1.807, 2.05) is 0 Å². The van der Waals surface area contributed by atoms with Crippen LogP contribution in [0.5, 0.6) is 0 Å². The van der Waals surface area contributed by atoms with Crippen LogP contribution in [0.25, 0.3) is 0 Å². The second-order valence-corrected chi connectivity index (χ2v) is 5.89. The number of hydrogen-bond acceptors (Lipinski definition) is 1. The van der Waals surface area contributed by atoms with Gasteiger partial charge in [0.1, 0.15) is 5.82 Å². The summed E-state index contributed by atoms with van der Waals surface area (Å²) in [5.74, 6) is 0.324. The zero-order valence-corrected chi connectivity index (χ0v) is 13.2. The molecule has 1 N–H and O–H groups in total. The van der Waals surface area contributed by atoms with Crippen LogP contribution in [0.1, 0.15) is 32.3 Å². The molecule has 102 valence electrons. The summed E-state index contributed by atoms with van der Waals surface area (Å²) < 4.78 is 13.6. The molecule has 1 rings (SSSR count). The Morgan fingerprint density at radius 2 is 2.00 bits per heavy atom. The average Bonchev–Trinajstić information content (AvgIpc) is 2.35. The van der Waals surface area contributed by atoms with Gasteiger partial charge in [0.05, 0.1) is 4.47 Å². The molecule has 1 atom stereocenters. The fourth-order valence-electron chi connectivity index (χ4n) is 1.97. The maximum Gasteiger partial charge on any atom is 0.137 e. The maximum absolute atomic E-state index is 13.1. The smallest absolute Gasteiger partial charge is 0.137 e. The van der Waals surface area contributed by atoms with E-state index in [0.717, 1.165) is 24.9 Å². The van der Waals surface area contributed by atoms with E-state index >= 15 is 0 Å². The van der Waals surface area contributed by atoms with Crippen molar-refractivity contribution in [2.24, 2.45) is 5.92 Å². The van der Waals surface area contributed by atoms with Crippen LogP contribution in [-0.2, 0) is 6.54 Å². The van der Waals surface area contributed by atoms with Crippen LogP contribution in [0.3, 0.4) is 0 Å².